The molecule has 0 aromatic heterocycles. The van der Waals surface area contributed by atoms with Crippen molar-refractivity contribution in [2.24, 2.45) is 5.10 Å². The monoisotopic (exact) mass is 685 g/mol. The molecule has 0 aliphatic heterocycles. The highest BCUT2D eigenvalue weighted by Crippen LogP contribution is 2.37. The number of hydrogen-bond donors (Lipinski definition) is 1. The van der Waals surface area contributed by atoms with Crippen LogP contribution in [0.15, 0.2) is 99.4 Å². The average molecular weight is 687 g/mol. The molecule has 1 N–H and O–H groups in total. The summed E-state index contributed by atoms with van der Waals surface area (Å²) in [6, 6.07) is 23.7. The lowest BCUT2D eigenvalue weighted by molar-refractivity contribution is -0.119. The van der Waals surface area contributed by atoms with Crippen LogP contribution in [0.5, 0.6) is 17.2 Å². The number of benzene rings is 4. The van der Waals surface area contributed by atoms with Gasteiger partial charge < -0.3 is 14.2 Å². The second kappa shape index (κ2) is 14.4. The van der Waals surface area contributed by atoms with Gasteiger partial charge in [-0.2, -0.15) is 5.10 Å². The highest BCUT2D eigenvalue weighted by atomic mass is 79.9. The van der Waals surface area contributed by atoms with E-state index < -0.39 is 22.5 Å². The number of ether oxygens (including phenoxy) is 3. The summed E-state index contributed by atoms with van der Waals surface area (Å²) in [4.78, 5) is 13.0. The number of nitrogens with one attached hydrogen (secondary N) is 1. The fraction of sp³-hybridized carbons (Fsp3) is 0.161. The van der Waals surface area contributed by atoms with Crippen molar-refractivity contribution in [2.45, 2.75) is 18.4 Å². The minimum absolute atomic E-state index is 0.0472. The molecule has 4 aromatic carbocycles. The Morgan fingerprint density at radius 2 is 1.74 bits per heavy atom. The van der Waals surface area contributed by atoms with Crippen molar-refractivity contribution in [3.8, 4) is 17.2 Å². The Labute approximate surface area is 264 Å². The highest BCUT2D eigenvalue weighted by molar-refractivity contribution is 9.10. The van der Waals surface area contributed by atoms with Gasteiger partial charge in [0, 0.05) is 16.7 Å². The summed E-state index contributed by atoms with van der Waals surface area (Å²) in [5.41, 5.74) is 4.98. The minimum Gasteiger partial charge on any atom is -0.497 e. The molecule has 9 nitrogen and oxygen atoms in total. The summed E-state index contributed by atoms with van der Waals surface area (Å²) in [6.07, 6.45) is 1.41. The number of methoxy groups -OCH3 is 2. The van der Waals surface area contributed by atoms with E-state index in [0.717, 1.165) is 15.4 Å². The van der Waals surface area contributed by atoms with Gasteiger partial charge in [-0.3, -0.25) is 9.10 Å². The maximum Gasteiger partial charge on any atom is 0.264 e. The molecule has 0 radical (unpaired) electrons. The van der Waals surface area contributed by atoms with Gasteiger partial charge in [-0.25, -0.2) is 13.8 Å². The maximum atomic E-state index is 13.6. The van der Waals surface area contributed by atoms with Gasteiger partial charge in [-0.15, -0.1) is 0 Å². The molecule has 0 saturated heterocycles. The summed E-state index contributed by atoms with van der Waals surface area (Å²) in [7, 11) is -1.11. The smallest absolute Gasteiger partial charge is 0.264 e. The average Bonchev–Trinajstić information content (AvgIpc) is 3.00. The third-order valence-corrected chi connectivity index (χ3v) is 8.97. The molecular weight excluding hydrogens is 658 g/mol. The molecule has 1 amide bonds. The normalized spacial score (nSPS) is 11.3. The summed E-state index contributed by atoms with van der Waals surface area (Å²) < 4.78 is 45.5. The molecule has 0 fully saturated rings. The first-order valence-corrected chi connectivity index (χ1v) is 15.5. The Morgan fingerprint density at radius 3 is 2.44 bits per heavy atom. The first-order valence-electron chi connectivity index (χ1n) is 12.9. The van der Waals surface area contributed by atoms with Crippen LogP contribution in [-0.4, -0.2) is 41.3 Å². The van der Waals surface area contributed by atoms with Crippen molar-refractivity contribution >= 4 is 55.4 Å². The standard InChI is InChI=1S/C31H29BrClN3O6S/c1-21-11-13-26(14-12-21)43(38,39)36(24-8-6-9-25(17-24)40-2)19-30(37)35-34-18-22-15-27(32)31(29(16-22)41-3)42-20-23-7-4-5-10-28(23)33/h4-18H,19-20H2,1-3H3,(H,35,37)/b34-18-. The van der Waals surface area contributed by atoms with Gasteiger partial charge in [-0.1, -0.05) is 53.6 Å². The minimum atomic E-state index is -4.10. The number of hydrogen-bond acceptors (Lipinski definition) is 7. The van der Waals surface area contributed by atoms with E-state index in [4.69, 9.17) is 25.8 Å². The Kier molecular flexibility index (Phi) is 10.7. The zero-order valence-electron chi connectivity index (χ0n) is 23.6. The summed E-state index contributed by atoms with van der Waals surface area (Å²) in [6.45, 7) is 1.56. The van der Waals surface area contributed by atoms with Crippen molar-refractivity contribution in [2.75, 3.05) is 25.1 Å². The van der Waals surface area contributed by atoms with Crippen LogP contribution in [0.4, 0.5) is 5.69 Å². The molecule has 0 heterocycles. The molecule has 0 aliphatic rings. The van der Waals surface area contributed by atoms with Crippen LogP contribution < -0.4 is 23.9 Å². The highest BCUT2D eigenvalue weighted by Gasteiger charge is 2.27. The van der Waals surface area contributed by atoms with Crippen LogP contribution in [0.25, 0.3) is 0 Å². The number of aryl methyl sites for hydroxylation is 1. The topological polar surface area (TPSA) is 107 Å². The fourth-order valence-electron chi connectivity index (χ4n) is 3.98. The molecule has 0 saturated carbocycles. The maximum absolute atomic E-state index is 13.6. The predicted octanol–water partition coefficient (Wildman–Crippen LogP) is 6.35. The third kappa shape index (κ3) is 8.07. The van der Waals surface area contributed by atoms with Crippen LogP contribution in [0.1, 0.15) is 16.7 Å². The van der Waals surface area contributed by atoms with Crippen LogP contribution >= 0.6 is 27.5 Å². The predicted molar refractivity (Wildman–Crippen MR) is 171 cm³/mol. The molecule has 224 valence electrons. The molecule has 0 aliphatic carbocycles. The molecule has 0 atom stereocenters. The number of carbonyl (C=O) groups is 1. The van der Waals surface area contributed by atoms with Gasteiger partial charge in [-0.05, 0) is 70.9 Å². The fourth-order valence-corrected chi connectivity index (χ4v) is 6.16. The van der Waals surface area contributed by atoms with Gasteiger partial charge >= 0.3 is 0 Å². The van der Waals surface area contributed by atoms with E-state index in [0.29, 0.717) is 32.3 Å². The molecule has 0 unspecified atom stereocenters. The Hall–Kier alpha value is -4.06. The SMILES string of the molecule is COc1cccc(N(CC(=O)N/N=C\c2cc(Br)c(OCc3ccccc3Cl)c(OC)c2)S(=O)(=O)c2ccc(C)cc2)c1. The number of carbonyl (C=O) groups excluding carboxylic acids is 1. The lowest BCUT2D eigenvalue weighted by Gasteiger charge is -2.24. The third-order valence-electron chi connectivity index (χ3n) is 6.22. The summed E-state index contributed by atoms with van der Waals surface area (Å²) >= 11 is 9.74. The first-order chi connectivity index (χ1) is 20.6. The van der Waals surface area contributed by atoms with Gasteiger partial charge in [0.25, 0.3) is 15.9 Å². The number of rotatable bonds is 12. The Morgan fingerprint density at radius 1 is 1.00 bits per heavy atom. The summed E-state index contributed by atoms with van der Waals surface area (Å²) in [5.74, 6) is 0.695. The van der Waals surface area contributed by atoms with Crippen molar-refractivity contribution in [1.82, 2.24) is 5.43 Å². The lowest BCUT2D eigenvalue weighted by atomic mass is 10.2. The van der Waals surface area contributed by atoms with Gasteiger partial charge in [0.15, 0.2) is 11.5 Å². The van der Waals surface area contributed by atoms with E-state index in [1.165, 1.54) is 32.6 Å². The van der Waals surface area contributed by atoms with E-state index in [2.05, 4.69) is 26.5 Å². The molecule has 12 heteroatoms. The number of anilines is 1. The molecular formula is C31H29BrClN3O6S. The van der Waals surface area contributed by atoms with Gasteiger partial charge in [0.1, 0.15) is 18.9 Å². The van der Waals surface area contributed by atoms with E-state index in [-0.39, 0.29) is 17.2 Å². The largest absolute Gasteiger partial charge is 0.497 e. The van der Waals surface area contributed by atoms with Gasteiger partial charge in [0.2, 0.25) is 0 Å². The van der Waals surface area contributed by atoms with Crippen LogP contribution in [0, 0.1) is 6.92 Å². The van der Waals surface area contributed by atoms with Crippen molar-refractivity contribution in [3.05, 3.63) is 111 Å². The number of hydrazone groups is 1. The Balaban J connectivity index is 1.50. The number of nitrogens with zero attached hydrogens (tertiary/aromatic N) is 2. The molecule has 0 spiro atoms. The second-order valence-electron chi connectivity index (χ2n) is 9.23. The quantitative estimate of drug-likeness (QED) is 0.138. The first kappa shape index (κ1) is 31.9. The van der Waals surface area contributed by atoms with Crippen LogP contribution in [-0.2, 0) is 21.4 Å². The molecule has 4 aromatic rings. The number of amides is 1. The molecule has 0 bridgehead atoms. The van der Waals surface area contributed by atoms with Crippen molar-refractivity contribution < 1.29 is 27.4 Å². The summed E-state index contributed by atoms with van der Waals surface area (Å²) in [5, 5.41) is 4.63. The van der Waals surface area contributed by atoms with Crippen LogP contribution in [0.2, 0.25) is 5.02 Å². The zero-order valence-corrected chi connectivity index (χ0v) is 26.7. The van der Waals surface area contributed by atoms with Gasteiger partial charge in [0.05, 0.1) is 35.5 Å². The Bertz CT molecular complexity index is 1730. The molecule has 43 heavy (non-hydrogen) atoms. The van der Waals surface area contributed by atoms with Crippen molar-refractivity contribution in [1.29, 1.82) is 0 Å². The van der Waals surface area contributed by atoms with Crippen molar-refractivity contribution in [3.63, 3.8) is 0 Å². The lowest BCUT2D eigenvalue weighted by Crippen LogP contribution is -2.39. The van der Waals surface area contributed by atoms with E-state index in [1.807, 2.05) is 25.1 Å². The number of halogens is 2. The van der Waals surface area contributed by atoms with E-state index in [1.54, 1.807) is 54.6 Å². The second-order valence-corrected chi connectivity index (χ2v) is 12.4. The van der Waals surface area contributed by atoms with Crippen LogP contribution in [0.3, 0.4) is 0 Å². The molecule has 4 rings (SSSR count). The number of sulfonamides is 1. The van der Waals surface area contributed by atoms with E-state index >= 15 is 0 Å². The van der Waals surface area contributed by atoms with E-state index in [9.17, 15) is 13.2 Å². The zero-order chi connectivity index (χ0) is 31.0.